The molecule has 4 rings (SSSR count). The van der Waals surface area contributed by atoms with Crippen LogP contribution < -0.4 is 0 Å². The Morgan fingerprint density at radius 2 is 1.76 bits per heavy atom. The van der Waals surface area contributed by atoms with Gasteiger partial charge in [-0.2, -0.15) is 0 Å². The number of nitrogens with one attached hydrogen (secondary N) is 1. The number of hydrogen-bond donors (Lipinski definition) is 1. The zero-order valence-corrected chi connectivity index (χ0v) is 14.6. The summed E-state index contributed by atoms with van der Waals surface area (Å²) in [7, 11) is 0. The van der Waals surface area contributed by atoms with Crippen molar-refractivity contribution in [1.29, 1.82) is 0 Å². The van der Waals surface area contributed by atoms with Crippen LogP contribution in [0, 0.1) is 0 Å². The summed E-state index contributed by atoms with van der Waals surface area (Å²) >= 11 is 0. The molecule has 2 aliphatic heterocycles. The minimum absolute atomic E-state index is 0.161. The highest BCUT2D eigenvalue weighted by molar-refractivity contribution is 6.08. The van der Waals surface area contributed by atoms with Crippen LogP contribution in [0.3, 0.4) is 0 Å². The molecule has 134 valence electrons. The normalized spacial score (nSPS) is 23.7. The average molecular weight is 342 g/mol. The van der Waals surface area contributed by atoms with Gasteiger partial charge in [0.05, 0.1) is 18.8 Å². The number of ketones is 1. The maximum Gasteiger partial charge on any atom is 0.178 e. The molecule has 0 amide bonds. The Kier molecular flexibility index (Phi) is 5.15. The molecule has 1 aromatic carbocycles. The van der Waals surface area contributed by atoms with Crippen molar-refractivity contribution in [2.75, 3.05) is 32.8 Å². The van der Waals surface area contributed by atoms with Gasteiger partial charge in [0, 0.05) is 49.0 Å². The van der Waals surface area contributed by atoms with Gasteiger partial charge in [-0.15, -0.1) is 0 Å². The van der Waals surface area contributed by atoms with Gasteiger partial charge in [0.15, 0.2) is 5.78 Å². The monoisotopic (exact) mass is 342 g/mol. The maximum absolute atomic E-state index is 12.9. The van der Waals surface area contributed by atoms with Crippen LogP contribution in [0.4, 0.5) is 0 Å². The highest BCUT2D eigenvalue weighted by atomic mass is 16.5. The Balaban J connectivity index is 1.46. The molecule has 1 N–H and O–H groups in total. The molecule has 5 nitrogen and oxygen atoms in total. The molecule has 0 radical (unpaired) electrons. The number of para-hydroxylation sites is 1. The van der Waals surface area contributed by atoms with Crippen molar-refractivity contribution in [2.24, 2.45) is 0 Å². The Morgan fingerprint density at radius 3 is 2.40 bits per heavy atom. The smallest absolute Gasteiger partial charge is 0.178 e. The van der Waals surface area contributed by atoms with Crippen LogP contribution in [0.1, 0.15) is 36.0 Å². The molecule has 25 heavy (non-hydrogen) atoms. The van der Waals surface area contributed by atoms with E-state index in [0.29, 0.717) is 6.54 Å². The van der Waals surface area contributed by atoms with Gasteiger partial charge in [0.1, 0.15) is 0 Å². The molecule has 2 aromatic rings. The van der Waals surface area contributed by atoms with Crippen molar-refractivity contribution in [3.63, 3.8) is 0 Å². The molecule has 0 unspecified atom stereocenters. The molecular weight excluding hydrogens is 316 g/mol. The van der Waals surface area contributed by atoms with Crippen molar-refractivity contribution in [2.45, 2.75) is 37.9 Å². The van der Waals surface area contributed by atoms with Gasteiger partial charge in [-0.1, -0.05) is 18.2 Å². The Labute approximate surface area is 148 Å². The van der Waals surface area contributed by atoms with E-state index in [0.717, 1.165) is 68.5 Å². The molecule has 0 bridgehead atoms. The van der Waals surface area contributed by atoms with Crippen LogP contribution in [0.25, 0.3) is 10.9 Å². The minimum Gasteiger partial charge on any atom is -0.377 e. The third-order valence-corrected chi connectivity index (χ3v) is 5.23. The SMILES string of the molecule is O=C(CN(C[C@@H]1CCCO1)C[C@@H]1CCCO1)c1c[nH]c2ccccc12. The van der Waals surface area contributed by atoms with E-state index in [1.807, 2.05) is 30.5 Å². The van der Waals surface area contributed by atoms with Crippen molar-refractivity contribution in [3.8, 4) is 0 Å². The first kappa shape index (κ1) is 16.8. The topological polar surface area (TPSA) is 54.6 Å². The molecule has 0 saturated carbocycles. The molecular formula is C20H26N2O3. The van der Waals surface area contributed by atoms with E-state index in [9.17, 15) is 4.79 Å². The number of fused-ring (bicyclic) bond motifs is 1. The fourth-order valence-corrected chi connectivity index (χ4v) is 3.95. The number of hydrogen-bond acceptors (Lipinski definition) is 4. The summed E-state index contributed by atoms with van der Waals surface area (Å²) in [5.41, 5.74) is 1.79. The van der Waals surface area contributed by atoms with Crippen LogP contribution in [-0.2, 0) is 9.47 Å². The van der Waals surface area contributed by atoms with E-state index >= 15 is 0 Å². The van der Waals surface area contributed by atoms with Gasteiger partial charge in [0.2, 0.25) is 0 Å². The van der Waals surface area contributed by atoms with Gasteiger partial charge >= 0.3 is 0 Å². The summed E-state index contributed by atoms with van der Waals surface area (Å²) in [5, 5.41) is 1.00. The first-order valence-corrected chi connectivity index (χ1v) is 9.34. The number of carbonyl (C=O) groups excluding carboxylic acids is 1. The zero-order valence-electron chi connectivity index (χ0n) is 14.6. The highest BCUT2D eigenvalue weighted by Crippen LogP contribution is 2.21. The summed E-state index contributed by atoms with van der Waals surface area (Å²) in [5.74, 6) is 0.161. The maximum atomic E-state index is 12.9. The standard InChI is InChI=1S/C20H26N2O3/c23-20(18-11-21-19-8-2-1-7-17(18)19)14-22(12-15-5-3-9-24-15)13-16-6-4-10-25-16/h1-2,7-8,11,15-16,21H,3-6,9-10,12-14H2/t15-,16-/m0/s1. The number of H-pyrrole nitrogens is 1. The van der Waals surface area contributed by atoms with Crippen molar-refractivity contribution < 1.29 is 14.3 Å². The molecule has 1 aromatic heterocycles. The molecule has 2 fully saturated rings. The first-order chi connectivity index (χ1) is 12.3. The average Bonchev–Trinajstić information content (AvgIpc) is 3.36. The lowest BCUT2D eigenvalue weighted by Gasteiger charge is -2.26. The predicted molar refractivity (Wildman–Crippen MR) is 97.0 cm³/mol. The molecule has 0 aliphatic carbocycles. The third-order valence-electron chi connectivity index (χ3n) is 5.23. The van der Waals surface area contributed by atoms with Crippen LogP contribution >= 0.6 is 0 Å². The van der Waals surface area contributed by atoms with E-state index in [2.05, 4.69) is 9.88 Å². The van der Waals surface area contributed by atoms with E-state index in [-0.39, 0.29) is 18.0 Å². The largest absolute Gasteiger partial charge is 0.377 e. The Hall–Kier alpha value is -1.69. The number of ether oxygens (including phenoxy) is 2. The molecule has 0 spiro atoms. The summed E-state index contributed by atoms with van der Waals surface area (Å²) in [6.07, 6.45) is 6.74. The quantitative estimate of drug-likeness (QED) is 0.786. The Morgan fingerprint density at radius 1 is 1.08 bits per heavy atom. The summed E-state index contributed by atoms with van der Waals surface area (Å²) in [6.45, 7) is 3.73. The lowest BCUT2D eigenvalue weighted by molar-refractivity contribution is 0.0371. The van der Waals surface area contributed by atoms with E-state index in [1.165, 1.54) is 0 Å². The number of aromatic amines is 1. The fraction of sp³-hybridized carbons (Fsp3) is 0.550. The third kappa shape index (κ3) is 3.94. The Bertz CT molecular complexity index is 697. The zero-order chi connectivity index (χ0) is 17.1. The van der Waals surface area contributed by atoms with E-state index < -0.39 is 0 Å². The van der Waals surface area contributed by atoms with Gasteiger partial charge in [-0.3, -0.25) is 9.69 Å². The number of rotatable bonds is 7. The van der Waals surface area contributed by atoms with Gasteiger partial charge in [0.25, 0.3) is 0 Å². The van der Waals surface area contributed by atoms with Gasteiger partial charge in [-0.05, 0) is 31.7 Å². The lowest BCUT2D eigenvalue weighted by atomic mass is 10.1. The second kappa shape index (κ2) is 7.68. The molecule has 2 saturated heterocycles. The number of Topliss-reactive ketones (excluding diaryl/α,β-unsaturated/α-hetero) is 1. The predicted octanol–water partition coefficient (Wildman–Crippen LogP) is 3.01. The van der Waals surface area contributed by atoms with Crippen molar-refractivity contribution in [1.82, 2.24) is 9.88 Å². The number of benzene rings is 1. The number of aromatic nitrogens is 1. The second-order valence-corrected chi connectivity index (χ2v) is 7.14. The van der Waals surface area contributed by atoms with Crippen molar-refractivity contribution >= 4 is 16.7 Å². The van der Waals surface area contributed by atoms with E-state index in [1.54, 1.807) is 0 Å². The van der Waals surface area contributed by atoms with Gasteiger partial charge < -0.3 is 14.5 Å². The number of nitrogens with zero attached hydrogens (tertiary/aromatic N) is 1. The van der Waals surface area contributed by atoms with Gasteiger partial charge in [-0.25, -0.2) is 0 Å². The highest BCUT2D eigenvalue weighted by Gasteiger charge is 2.26. The lowest BCUT2D eigenvalue weighted by Crippen LogP contribution is -2.40. The minimum atomic E-state index is 0.161. The fourth-order valence-electron chi connectivity index (χ4n) is 3.95. The summed E-state index contributed by atoms with van der Waals surface area (Å²) in [6, 6.07) is 7.96. The van der Waals surface area contributed by atoms with Crippen LogP contribution in [0.5, 0.6) is 0 Å². The molecule has 2 atom stereocenters. The first-order valence-electron chi connectivity index (χ1n) is 9.34. The van der Waals surface area contributed by atoms with E-state index in [4.69, 9.17) is 9.47 Å². The summed E-state index contributed by atoms with van der Waals surface area (Å²) in [4.78, 5) is 18.4. The van der Waals surface area contributed by atoms with Crippen LogP contribution in [0.15, 0.2) is 30.5 Å². The second-order valence-electron chi connectivity index (χ2n) is 7.14. The van der Waals surface area contributed by atoms with Crippen LogP contribution in [-0.4, -0.2) is 60.7 Å². The molecule has 5 heteroatoms. The van der Waals surface area contributed by atoms with Crippen LogP contribution in [0.2, 0.25) is 0 Å². The summed E-state index contributed by atoms with van der Waals surface area (Å²) < 4.78 is 11.6. The van der Waals surface area contributed by atoms with Crippen molar-refractivity contribution in [3.05, 3.63) is 36.0 Å². The molecule has 3 heterocycles. The number of carbonyl (C=O) groups is 1. The molecule has 2 aliphatic rings.